The fraction of sp³-hybridized carbons (Fsp3) is 0.500. The third-order valence-corrected chi connectivity index (χ3v) is 2.79. The Balaban J connectivity index is 2.03. The quantitative estimate of drug-likeness (QED) is 0.853. The van der Waals surface area contributed by atoms with Crippen molar-refractivity contribution in [2.24, 2.45) is 0 Å². The van der Waals surface area contributed by atoms with Crippen LogP contribution in [0.5, 0.6) is 5.75 Å². The van der Waals surface area contributed by atoms with Crippen molar-refractivity contribution in [2.45, 2.75) is 25.8 Å². The molecule has 0 radical (unpaired) electrons. The van der Waals surface area contributed by atoms with Gasteiger partial charge in [0.2, 0.25) is 0 Å². The first-order chi connectivity index (χ1) is 7.66. The number of fused-ring (bicyclic) bond motifs is 1. The van der Waals surface area contributed by atoms with Crippen LogP contribution in [0.2, 0.25) is 0 Å². The Morgan fingerprint density at radius 1 is 1.44 bits per heavy atom. The van der Waals surface area contributed by atoms with E-state index in [0.29, 0.717) is 0 Å². The van der Waals surface area contributed by atoms with Crippen LogP contribution in [0.4, 0.5) is 8.78 Å². The molecule has 2 nitrogen and oxygen atoms in total. The van der Waals surface area contributed by atoms with Crippen LogP contribution in [-0.4, -0.2) is 19.6 Å². The SMILES string of the molecule is CC(NCC(F)F)c1ccc2c(c1)CCO2. The van der Waals surface area contributed by atoms with Crippen molar-refractivity contribution in [2.75, 3.05) is 13.2 Å². The third-order valence-electron chi connectivity index (χ3n) is 2.79. The molecule has 1 atom stereocenters. The van der Waals surface area contributed by atoms with E-state index < -0.39 is 6.43 Å². The summed E-state index contributed by atoms with van der Waals surface area (Å²) >= 11 is 0. The highest BCUT2D eigenvalue weighted by atomic mass is 19.3. The summed E-state index contributed by atoms with van der Waals surface area (Å²) in [5.41, 5.74) is 2.20. The number of nitrogens with one attached hydrogen (secondary N) is 1. The minimum atomic E-state index is -2.31. The average Bonchev–Trinajstić information content (AvgIpc) is 2.72. The lowest BCUT2D eigenvalue weighted by Crippen LogP contribution is -2.24. The van der Waals surface area contributed by atoms with E-state index in [1.54, 1.807) is 0 Å². The van der Waals surface area contributed by atoms with Crippen molar-refractivity contribution in [3.8, 4) is 5.75 Å². The molecule has 0 bridgehead atoms. The molecular formula is C12H15F2NO. The predicted molar refractivity (Wildman–Crippen MR) is 58.1 cm³/mol. The third kappa shape index (κ3) is 2.50. The van der Waals surface area contributed by atoms with Gasteiger partial charge in [-0.05, 0) is 24.1 Å². The van der Waals surface area contributed by atoms with Crippen LogP contribution in [0, 0.1) is 0 Å². The molecule has 0 fully saturated rings. The molecule has 0 saturated heterocycles. The molecule has 1 aliphatic rings. The smallest absolute Gasteiger partial charge is 0.250 e. The molecule has 2 rings (SSSR count). The van der Waals surface area contributed by atoms with Crippen molar-refractivity contribution in [3.05, 3.63) is 29.3 Å². The lowest BCUT2D eigenvalue weighted by Gasteiger charge is -2.14. The van der Waals surface area contributed by atoms with E-state index in [0.717, 1.165) is 24.3 Å². The number of hydrogen-bond acceptors (Lipinski definition) is 2. The molecular weight excluding hydrogens is 212 g/mol. The number of hydrogen-bond donors (Lipinski definition) is 1. The first kappa shape index (κ1) is 11.3. The van der Waals surface area contributed by atoms with Gasteiger partial charge in [-0.2, -0.15) is 0 Å². The zero-order valence-corrected chi connectivity index (χ0v) is 9.17. The van der Waals surface area contributed by atoms with Crippen LogP contribution in [0.1, 0.15) is 24.1 Å². The molecule has 1 unspecified atom stereocenters. The van der Waals surface area contributed by atoms with Gasteiger partial charge >= 0.3 is 0 Å². The maximum atomic E-state index is 12.0. The van der Waals surface area contributed by atoms with Gasteiger partial charge < -0.3 is 10.1 Å². The van der Waals surface area contributed by atoms with E-state index in [1.807, 2.05) is 25.1 Å². The molecule has 1 heterocycles. The van der Waals surface area contributed by atoms with Crippen LogP contribution >= 0.6 is 0 Å². The number of halogens is 2. The van der Waals surface area contributed by atoms with Crippen molar-refractivity contribution >= 4 is 0 Å². The number of rotatable bonds is 4. The van der Waals surface area contributed by atoms with Gasteiger partial charge in [0, 0.05) is 12.5 Å². The van der Waals surface area contributed by atoms with E-state index >= 15 is 0 Å². The van der Waals surface area contributed by atoms with E-state index in [2.05, 4.69) is 5.32 Å². The van der Waals surface area contributed by atoms with Gasteiger partial charge in [0.15, 0.2) is 0 Å². The summed E-state index contributed by atoms with van der Waals surface area (Å²) in [7, 11) is 0. The zero-order chi connectivity index (χ0) is 11.5. The molecule has 0 spiro atoms. The number of benzene rings is 1. The lowest BCUT2D eigenvalue weighted by molar-refractivity contribution is 0.142. The summed E-state index contributed by atoms with van der Waals surface area (Å²) in [5.74, 6) is 0.921. The summed E-state index contributed by atoms with van der Waals surface area (Å²) in [6, 6.07) is 5.82. The van der Waals surface area contributed by atoms with Crippen molar-refractivity contribution in [1.82, 2.24) is 5.32 Å². The van der Waals surface area contributed by atoms with Crippen LogP contribution < -0.4 is 10.1 Å². The summed E-state index contributed by atoms with van der Waals surface area (Å²) in [6.45, 7) is 2.34. The second-order valence-electron chi connectivity index (χ2n) is 3.99. The zero-order valence-electron chi connectivity index (χ0n) is 9.17. The second-order valence-corrected chi connectivity index (χ2v) is 3.99. The minimum Gasteiger partial charge on any atom is -0.493 e. The van der Waals surface area contributed by atoms with E-state index in [1.165, 1.54) is 5.56 Å². The Morgan fingerprint density at radius 3 is 3.00 bits per heavy atom. The summed E-state index contributed by atoms with van der Waals surface area (Å²) in [6.07, 6.45) is -1.40. The largest absolute Gasteiger partial charge is 0.493 e. The van der Waals surface area contributed by atoms with Crippen molar-refractivity contribution in [1.29, 1.82) is 0 Å². The summed E-state index contributed by atoms with van der Waals surface area (Å²) in [4.78, 5) is 0. The highest BCUT2D eigenvalue weighted by Gasteiger charge is 2.15. The molecule has 4 heteroatoms. The maximum Gasteiger partial charge on any atom is 0.250 e. The van der Waals surface area contributed by atoms with Crippen LogP contribution in [0.3, 0.4) is 0 Å². The van der Waals surface area contributed by atoms with E-state index in [4.69, 9.17) is 4.74 Å². The number of alkyl halides is 2. The van der Waals surface area contributed by atoms with Crippen LogP contribution in [-0.2, 0) is 6.42 Å². The molecule has 1 aromatic rings. The van der Waals surface area contributed by atoms with E-state index in [-0.39, 0.29) is 12.6 Å². The van der Waals surface area contributed by atoms with Crippen LogP contribution in [0.15, 0.2) is 18.2 Å². The van der Waals surface area contributed by atoms with Gasteiger partial charge in [-0.3, -0.25) is 0 Å². The Kier molecular flexibility index (Phi) is 3.39. The fourth-order valence-electron chi connectivity index (χ4n) is 1.86. The standard InChI is InChI=1S/C12H15F2NO/c1-8(15-7-12(13)14)9-2-3-11-10(6-9)4-5-16-11/h2-3,6,8,12,15H,4-5,7H2,1H3. The van der Waals surface area contributed by atoms with Gasteiger partial charge in [-0.15, -0.1) is 0 Å². The monoisotopic (exact) mass is 227 g/mol. The Hall–Kier alpha value is -1.16. The molecule has 1 N–H and O–H groups in total. The number of ether oxygens (including phenoxy) is 1. The van der Waals surface area contributed by atoms with Gasteiger partial charge in [0.1, 0.15) is 5.75 Å². The molecule has 0 aliphatic carbocycles. The molecule has 0 saturated carbocycles. The highest BCUT2D eigenvalue weighted by molar-refractivity contribution is 5.40. The summed E-state index contributed by atoms with van der Waals surface area (Å²) in [5, 5.41) is 2.80. The lowest BCUT2D eigenvalue weighted by atomic mass is 10.0. The van der Waals surface area contributed by atoms with Crippen LogP contribution in [0.25, 0.3) is 0 Å². The molecule has 0 amide bonds. The molecule has 0 aromatic heterocycles. The fourth-order valence-corrected chi connectivity index (χ4v) is 1.86. The average molecular weight is 227 g/mol. The Labute approximate surface area is 93.6 Å². The molecule has 16 heavy (non-hydrogen) atoms. The first-order valence-corrected chi connectivity index (χ1v) is 5.44. The van der Waals surface area contributed by atoms with Gasteiger partial charge in [0.05, 0.1) is 13.2 Å². The van der Waals surface area contributed by atoms with Crippen molar-refractivity contribution < 1.29 is 13.5 Å². The highest BCUT2D eigenvalue weighted by Crippen LogP contribution is 2.28. The first-order valence-electron chi connectivity index (χ1n) is 5.44. The Bertz CT molecular complexity index is 368. The van der Waals surface area contributed by atoms with E-state index in [9.17, 15) is 8.78 Å². The topological polar surface area (TPSA) is 21.3 Å². The molecule has 1 aliphatic heterocycles. The Morgan fingerprint density at radius 2 is 2.25 bits per heavy atom. The predicted octanol–water partition coefficient (Wildman–Crippen LogP) is 2.54. The second kappa shape index (κ2) is 4.78. The summed E-state index contributed by atoms with van der Waals surface area (Å²) < 4.78 is 29.5. The normalized spacial score (nSPS) is 16.0. The minimum absolute atomic E-state index is 0.0556. The van der Waals surface area contributed by atoms with Crippen molar-refractivity contribution in [3.63, 3.8) is 0 Å². The molecule has 1 aromatic carbocycles. The van der Waals surface area contributed by atoms with Gasteiger partial charge in [0.25, 0.3) is 6.43 Å². The maximum absolute atomic E-state index is 12.0. The van der Waals surface area contributed by atoms with Gasteiger partial charge in [-0.1, -0.05) is 12.1 Å². The van der Waals surface area contributed by atoms with Gasteiger partial charge in [-0.25, -0.2) is 8.78 Å². The molecule has 88 valence electrons.